The van der Waals surface area contributed by atoms with Crippen molar-refractivity contribution in [3.63, 3.8) is 0 Å². The Morgan fingerprint density at radius 3 is 2.75 bits per heavy atom. The van der Waals surface area contributed by atoms with E-state index in [0.717, 1.165) is 30.0 Å². The van der Waals surface area contributed by atoms with Crippen molar-refractivity contribution in [2.45, 2.75) is 33.3 Å². The van der Waals surface area contributed by atoms with Crippen LogP contribution in [0.3, 0.4) is 0 Å². The number of aromatic nitrogens is 2. The van der Waals surface area contributed by atoms with Crippen LogP contribution in [0.15, 0.2) is 24.3 Å². The smallest absolute Gasteiger partial charge is 0.130 e. The van der Waals surface area contributed by atoms with Gasteiger partial charge in [-0.25, -0.2) is 0 Å². The first-order valence-corrected chi connectivity index (χ1v) is 7.08. The molecular weight excluding hydrogens is 250 g/mol. The van der Waals surface area contributed by atoms with Crippen molar-refractivity contribution >= 4 is 0 Å². The third kappa shape index (κ3) is 3.39. The van der Waals surface area contributed by atoms with Crippen LogP contribution in [-0.2, 0) is 26.5 Å². The fraction of sp³-hybridized carbons (Fsp3) is 0.438. The van der Waals surface area contributed by atoms with Gasteiger partial charge in [-0.15, -0.1) is 0 Å². The Morgan fingerprint density at radius 1 is 1.30 bits per heavy atom. The second kappa shape index (κ2) is 6.57. The van der Waals surface area contributed by atoms with Crippen LogP contribution in [0.5, 0.6) is 5.75 Å². The third-order valence-electron chi connectivity index (χ3n) is 3.39. The summed E-state index contributed by atoms with van der Waals surface area (Å²) in [6, 6.07) is 8.33. The maximum atomic E-state index is 5.95. The first-order valence-electron chi connectivity index (χ1n) is 7.08. The summed E-state index contributed by atoms with van der Waals surface area (Å²) in [6.45, 7) is 5.35. The van der Waals surface area contributed by atoms with Gasteiger partial charge in [0.2, 0.25) is 0 Å². The molecule has 0 fully saturated rings. The molecule has 0 saturated heterocycles. The van der Waals surface area contributed by atoms with Crippen LogP contribution >= 0.6 is 0 Å². The average Bonchev–Trinajstić information content (AvgIpc) is 2.79. The van der Waals surface area contributed by atoms with E-state index in [9.17, 15) is 0 Å². The molecule has 2 rings (SSSR count). The lowest BCUT2D eigenvalue weighted by Gasteiger charge is -2.12. The summed E-state index contributed by atoms with van der Waals surface area (Å²) >= 11 is 0. The summed E-state index contributed by atoms with van der Waals surface area (Å²) < 4.78 is 7.84. The number of aryl methyl sites for hydroxylation is 3. The fourth-order valence-electron chi connectivity index (χ4n) is 2.23. The normalized spacial score (nSPS) is 10.8. The van der Waals surface area contributed by atoms with Crippen LogP contribution < -0.4 is 10.5 Å². The van der Waals surface area contributed by atoms with Crippen LogP contribution in [-0.4, -0.2) is 16.3 Å². The molecule has 1 heterocycles. The van der Waals surface area contributed by atoms with Crippen LogP contribution in [0.2, 0.25) is 0 Å². The molecule has 2 N–H and O–H groups in total. The molecular formula is C16H23N3O. The number of benzene rings is 1. The summed E-state index contributed by atoms with van der Waals surface area (Å²) in [4.78, 5) is 0. The Morgan fingerprint density at radius 2 is 2.10 bits per heavy atom. The third-order valence-corrected chi connectivity index (χ3v) is 3.39. The minimum absolute atomic E-state index is 0.532. The number of rotatable bonds is 6. The number of hydrogen-bond acceptors (Lipinski definition) is 3. The lowest BCUT2D eigenvalue weighted by Crippen LogP contribution is -2.07. The first-order chi connectivity index (χ1) is 9.63. The fourth-order valence-corrected chi connectivity index (χ4v) is 2.23. The molecule has 0 aliphatic heterocycles. The first kappa shape index (κ1) is 14.6. The van der Waals surface area contributed by atoms with Crippen molar-refractivity contribution in [2.24, 2.45) is 12.8 Å². The predicted octanol–water partition coefficient (Wildman–Crippen LogP) is 2.37. The molecule has 108 valence electrons. The molecule has 20 heavy (non-hydrogen) atoms. The molecule has 0 radical (unpaired) electrons. The monoisotopic (exact) mass is 273 g/mol. The van der Waals surface area contributed by atoms with Crippen molar-refractivity contribution in [2.75, 3.05) is 6.54 Å². The van der Waals surface area contributed by atoms with Gasteiger partial charge in [0.15, 0.2) is 0 Å². The highest BCUT2D eigenvalue weighted by Gasteiger charge is 2.07. The molecule has 0 saturated carbocycles. The minimum atomic E-state index is 0.532. The largest absolute Gasteiger partial charge is 0.487 e. The number of hydrogen-bond donors (Lipinski definition) is 1. The van der Waals surface area contributed by atoms with Gasteiger partial charge in [-0.05, 0) is 44.0 Å². The van der Waals surface area contributed by atoms with E-state index in [-0.39, 0.29) is 0 Å². The summed E-state index contributed by atoms with van der Waals surface area (Å²) in [5.74, 6) is 0.917. The second-order valence-corrected chi connectivity index (χ2v) is 5.04. The number of nitrogens with zero attached hydrogens (tertiary/aromatic N) is 2. The van der Waals surface area contributed by atoms with Crippen LogP contribution in [0.1, 0.15) is 29.4 Å². The quantitative estimate of drug-likeness (QED) is 0.879. The zero-order chi connectivity index (χ0) is 14.5. The summed E-state index contributed by atoms with van der Waals surface area (Å²) in [7, 11) is 1.95. The molecule has 0 aliphatic carbocycles. The average molecular weight is 273 g/mol. The molecule has 1 aromatic heterocycles. The van der Waals surface area contributed by atoms with Crippen molar-refractivity contribution < 1.29 is 4.74 Å². The van der Waals surface area contributed by atoms with Crippen LogP contribution in [0, 0.1) is 6.92 Å². The Bertz CT molecular complexity index is 575. The minimum Gasteiger partial charge on any atom is -0.487 e. The van der Waals surface area contributed by atoms with Crippen LogP contribution in [0.4, 0.5) is 0 Å². The Kier molecular flexibility index (Phi) is 4.79. The summed E-state index contributed by atoms with van der Waals surface area (Å²) in [5.41, 5.74) is 10.2. The highest BCUT2D eigenvalue weighted by Crippen LogP contribution is 2.21. The Balaban J connectivity index is 2.11. The zero-order valence-electron chi connectivity index (χ0n) is 12.5. The van der Waals surface area contributed by atoms with Gasteiger partial charge in [-0.3, -0.25) is 4.68 Å². The summed E-state index contributed by atoms with van der Waals surface area (Å²) in [5, 5.41) is 4.43. The van der Waals surface area contributed by atoms with Gasteiger partial charge in [0.1, 0.15) is 12.4 Å². The SMILES string of the molecule is CCc1cc(COc2ccc(C)cc2CCN)n(C)n1. The standard InChI is InChI=1S/C16H23N3O/c1-4-14-10-15(19(3)18-14)11-20-16-6-5-12(2)9-13(16)7-8-17/h5-6,9-10H,4,7-8,11,17H2,1-3H3. The summed E-state index contributed by atoms with van der Waals surface area (Å²) in [6.07, 6.45) is 1.78. The van der Waals surface area contributed by atoms with E-state index in [1.807, 2.05) is 17.8 Å². The van der Waals surface area contributed by atoms with Crippen molar-refractivity contribution in [1.82, 2.24) is 9.78 Å². The van der Waals surface area contributed by atoms with E-state index >= 15 is 0 Å². The molecule has 0 amide bonds. The highest BCUT2D eigenvalue weighted by molar-refractivity contribution is 5.37. The lowest BCUT2D eigenvalue weighted by molar-refractivity contribution is 0.292. The molecule has 0 unspecified atom stereocenters. The van der Waals surface area contributed by atoms with Crippen molar-refractivity contribution in [3.8, 4) is 5.75 Å². The molecule has 0 bridgehead atoms. The Labute approximate surface area is 120 Å². The molecule has 0 atom stereocenters. The molecule has 0 aliphatic rings. The van der Waals surface area contributed by atoms with Gasteiger partial charge in [0, 0.05) is 7.05 Å². The van der Waals surface area contributed by atoms with Gasteiger partial charge < -0.3 is 10.5 Å². The highest BCUT2D eigenvalue weighted by atomic mass is 16.5. The number of ether oxygens (including phenoxy) is 1. The second-order valence-electron chi connectivity index (χ2n) is 5.04. The maximum absolute atomic E-state index is 5.95. The van der Waals surface area contributed by atoms with Gasteiger partial charge in [-0.1, -0.05) is 24.6 Å². The zero-order valence-corrected chi connectivity index (χ0v) is 12.5. The molecule has 4 nitrogen and oxygen atoms in total. The van der Waals surface area contributed by atoms with E-state index in [2.05, 4.69) is 37.1 Å². The topological polar surface area (TPSA) is 53.1 Å². The van der Waals surface area contributed by atoms with E-state index in [1.54, 1.807) is 0 Å². The van der Waals surface area contributed by atoms with Gasteiger partial charge >= 0.3 is 0 Å². The van der Waals surface area contributed by atoms with E-state index in [4.69, 9.17) is 10.5 Å². The van der Waals surface area contributed by atoms with Gasteiger partial charge in [-0.2, -0.15) is 5.10 Å². The molecule has 4 heteroatoms. The van der Waals surface area contributed by atoms with Gasteiger partial charge in [0.05, 0.1) is 11.4 Å². The molecule has 0 spiro atoms. The van der Waals surface area contributed by atoms with Crippen molar-refractivity contribution in [1.29, 1.82) is 0 Å². The van der Waals surface area contributed by atoms with Gasteiger partial charge in [0.25, 0.3) is 0 Å². The molecule has 1 aromatic carbocycles. The van der Waals surface area contributed by atoms with E-state index in [0.29, 0.717) is 13.2 Å². The predicted molar refractivity (Wildman–Crippen MR) is 80.9 cm³/mol. The van der Waals surface area contributed by atoms with E-state index < -0.39 is 0 Å². The maximum Gasteiger partial charge on any atom is 0.130 e. The van der Waals surface area contributed by atoms with Crippen molar-refractivity contribution in [3.05, 3.63) is 46.8 Å². The number of nitrogens with two attached hydrogens (primary N) is 1. The lowest BCUT2D eigenvalue weighted by atomic mass is 10.1. The van der Waals surface area contributed by atoms with Crippen LogP contribution in [0.25, 0.3) is 0 Å². The Hall–Kier alpha value is -1.81. The van der Waals surface area contributed by atoms with E-state index in [1.165, 1.54) is 11.1 Å². The molecule has 2 aromatic rings.